The molecule has 0 aliphatic carbocycles. The van der Waals surface area contributed by atoms with Gasteiger partial charge in [-0.05, 0) is 24.4 Å². The number of carbonyl (C=O) groups is 1. The number of ether oxygens (including phenoxy) is 2. The molecule has 1 aliphatic rings. The number of aliphatic hydroxyl groups is 2. The molecule has 4 rings (SSSR count). The number of hydrogen-bond acceptors (Lipinski definition) is 11. The lowest BCUT2D eigenvalue weighted by molar-refractivity contribution is -0.290. The quantitative estimate of drug-likeness (QED) is 0.303. The van der Waals surface area contributed by atoms with E-state index in [4.69, 9.17) is 25.6 Å². The van der Waals surface area contributed by atoms with Crippen LogP contribution < -0.4 is 5.32 Å². The number of halogens is 1. The highest BCUT2D eigenvalue weighted by Crippen LogP contribution is 2.45. The number of imidazole rings is 1. The van der Waals surface area contributed by atoms with Crippen molar-refractivity contribution in [1.29, 1.82) is 0 Å². The second-order valence-electron chi connectivity index (χ2n) is 7.68. The molecule has 178 valence electrons. The highest BCUT2D eigenvalue weighted by Gasteiger charge is 2.60. The number of hydrogen-bond donors (Lipinski definition) is 3. The van der Waals surface area contributed by atoms with Gasteiger partial charge < -0.3 is 29.5 Å². The lowest BCUT2D eigenvalue weighted by Gasteiger charge is -2.30. The molecular weight excluding hydrogens is 456 g/mol. The van der Waals surface area contributed by atoms with Crippen molar-refractivity contribution < 1.29 is 29.0 Å². The van der Waals surface area contributed by atoms with Crippen LogP contribution in [0.2, 0.25) is 5.28 Å². The van der Waals surface area contributed by atoms with E-state index in [0.29, 0.717) is 23.5 Å². The van der Waals surface area contributed by atoms with Crippen molar-refractivity contribution in [3.8, 4) is 0 Å². The number of aliphatic hydroxyl groups excluding tert-OH is 2. The molecule has 3 aromatic rings. The maximum absolute atomic E-state index is 11.5. The van der Waals surface area contributed by atoms with Crippen molar-refractivity contribution in [2.75, 3.05) is 5.32 Å². The first kappa shape index (κ1) is 23.4. The van der Waals surface area contributed by atoms with Gasteiger partial charge >= 0.3 is 5.91 Å². The van der Waals surface area contributed by atoms with E-state index in [2.05, 4.69) is 25.4 Å². The number of aromatic nitrogens is 5. The smallest absolute Gasteiger partial charge is 0.334 e. The van der Waals surface area contributed by atoms with Gasteiger partial charge in [0.2, 0.25) is 5.28 Å². The maximum Gasteiger partial charge on any atom is 0.334 e. The Morgan fingerprint density at radius 3 is 2.73 bits per heavy atom. The average Bonchev–Trinajstić information content (AvgIpc) is 3.51. The monoisotopic (exact) mass is 480 g/mol. The summed E-state index contributed by atoms with van der Waals surface area (Å²) in [5.41, 5.74) is 0.693. The number of nitrogens with zero attached hydrogens (tertiary/aromatic N) is 5. The number of anilines is 1. The van der Waals surface area contributed by atoms with Crippen LogP contribution >= 0.6 is 11.6 Å². The summed E-state index contributed by atoms with van der Waals surface area (Å²) in [5.74, 6) is -1.24. The lowest BCUT2D eigenvalue weighted by Crippen LogP contribution is -2.47. The zero-order valence-corrected chi connectivity index (χ0v) is 19.1. The van der Waals surface area contributed by atoms with E-state index in [1.807, 2.05) is 20.8 Å². The molecular formula is C20H25ClN6O6. The summed E-state index contributed by atoms with van der Waals surface area (Å²) < 4.78 is 17.6. The molecule has 4 atom stereocenters. The molecule has 0 aromatic carbocycles. The molecule has 1 fully saturated rings. The number of fused-ring (bicyclic) bond motifs is 1. The number of rotatable bonds is 9. The van der Waals surface area contributed by atoms with E-state index in [9.17, 15) is 15.0 Å². The summed E-state index contributed by atoms with van der Waals surface area (Å²) >= 11 is 6.17. The van der Waals surface area contributed by atoms with E-state index in [-0.39, 0.29) is 29.1 Å². The van der Waals surface area contributed by atoms with E-state index in [1.165, 1.54) is 10.9 Å². The van der Waals surface area contributed by atoms with Gasteiger partial charge in [-0.25, -0.2) is 9.55 Å². The minimum atomic E-state index is -2.18. The van der Waals surface area contributed by atoms with Crippen LogP contribution in [-0.2, 0) is 26.6 Å². The molecule has 0 bridgehead atoms. The first-order valence-corrected chi connectivity index (χ1v) is 11.0. The SMILES string of the molecule is CCc1cc([C@H]2O[C@](OC=O)(n3cnc4c(NC(CC)CC)nc(Cl)nc43)[C@H](O)[C@@H]2O)no1. The molecule has 4 heterocycles. The van der Waals surface area contributed by atoms with Gasteiger partial charge in [-0.3, -0.25) is 4.79 Å². The Labute approximate surface area is 193 Å². The fourth-order valence-electron chi connectivity index (χ4n) is 3.88. The Balaban J connectivity index is 1.81. The Morgan fingerprint density at radius 1 is 1.33 bits per heavy atom. The van der Waals surface area contributed by atoms with Crippen molar-refractivity contribution in [1.82, 2.24) is 24.7 Å². The van der Waals surface area contributed by atoms with Crippen LogP contribution in [0.4, 0.5) is 5.82 Å². The fraction of sp³-hybridized carbons (Fsp3) is 0.550. The summed E-state index contributed by atoms with van der Waals surface area (Å²) in [6.45, 7) is 6.05. The molecule has 3 N–H and O–H groups in total. The second kappa shape index (κ2) is 9.21. The number of carbonyl (C=O) groups excluding carboxylic acids is 1. The van der Waals surface area contributed by atoms with Crippen LogP contribution in [0.25, 0.3) is 11.2 Å². The van der Waals surface area contributed by atoms with Gasteiger partial charge in [-0.15, -0.1) is 0 Å². The summed E-state index contributed by atoms with van der Waals surface area (Å²) in [4.78, 5) is 24.3. The predicted molar refractivity (Wildman–Crippen MR) is 115 cm³/mol. The zero-order valence-electron chi connectivity index (χ0n) is 18.3. The van der Waals surface area contributed by atoms with Crippen LogP contribution in [0.1, 0.15) is 51.2 Å². The summed E-state index contributed by atoms with van der Waals surface area (Å²) in [7, 11) is 0. The Hall–Kier alpha value is -2.80. The van der Waals surface area contributed by atoms with Crippen molar-refractivity contribution in [3.63, 3.8) is 0 Å². The van der Waals surface area contributed by atoms with Crippen LogP contribution in [0.3, 0.4) is 0 Å². The van der Waals surface area contributed by atoms with E-state index in [0.717, 1.165) is 12.8 Å². The molecule has 0 spiro atoms. The van der Waals surface area contributed by atoms with Gasteiger partial charge in [0.1, 0.15) is 30.0 Å². The van der Waals surface area contributed by atoms with E-state index in [1.54, 1.807) is 6.07 Å². The van der Waals surface area contributed by atoms with Crippen LogP contribution in [-0.4, -0.2) is 59.6 Å². The van der Waals surface area contributed by atoms with E-state index >= 15 is 0 Å². The first-order valence-electron chi connectivity index (χ1n) is 10.7. The molecule has 33 heavy (non-hydrogen) atoms. The average molecular weight is 481 g/mol. The van der Waals surface area contributed by atoms with Gasteiger partial charge in [0.15, 0.2) is 23.1 Å². The van der Waals surface area contributed by atoms with Gasteiger partial charge in [0.05, 0.1) is 0 Å². The topological polar surface area (TPSA) is 158 Å². The standard InChI is InChI=1S/C20H25ClN6O6/c1-4-10(5-2)23-17-13-18(25-19(21)24-17)27(8-22-13)20(31-9-28)16(30)14(29)15(32-20)12-7-11(6-3)33-26-12/h7-10,14-16,29-30H,4-6H2,1-3H3,(H,23,24,25)/t14-,15-,16-,20+/m1/s1. The molecule has 0 radical (unpaired) electrons. The first-order chi connectivity index (χ1) is 15.9. The van der Waals surface area contributed by atoms with Crippen molar-refractivity contribution in [3.05, 3.63) is 29.1 Å². The number of aryl methyl sites for hydroxylation is 1. The summed E-state index contributed by atoms with van der Waals surface area (Å²) in [5, 5.41) is 28.8. The fourth-order valence-corrected chi connectivity index (χ4v) is 4.04. The third kappa shape index (κ3) is 3.92. The second-order valence-corrected chi connectivity index (χ2v) is 8.01. The molecule has 0 amide bonds. The summed E-state index contributed by atoms with van der Waals surface area (Å²) in [6.07, 6.45) is -0.844. The normalized spacial score (nSPS) is 25.1. The highest BCUT2D eigenvalue weighted by atomic mass is 35.5. The highest BCUT2D eigenvalue weighted by molar-refractivity contribution is 6.28. The third-order valence-electron chi connectivity index (χ3n) is 5.77. The minimum Gasteiger partial charge on any atom is -0.413 e. The van der Waals surface area contributed by atoms with Crippen molar-refractivity contribution in [2.24, 2.45) is 0 Å². The largest absolute Gasteiger partial charge is 0.413 e. The van der Waals surface area contributed by atoms with E-state index < -0.39 is 24.2 Å². The zero-order chi connectivity index (χ0) is 23.8. The molecule has 12 nitrogen and oxygen atoms in total. The predicted octanol–water partition coefficient (Wildman–Crippen LogP) is 1.91. The van der Waals surface area contributed by atoms with Gasteiger partial charge in [-0.1, -0.05) is 25.9 Å². The van der Waals surface area contributed by atoms with Gasteiger partial charge in [0, 0.05) is 18.5 Å². The van der Waals surface area contributed by atoms with Crippen LogP contribution in [0.5, 0.6) is 0 Å². The van der Waals surface area contributed by atoms with Crippen molar-refractivity contribution >= 4 is 35.1 Å². The Kier molecular flexibility index (Phi) is 6.52. The molecule has 0 unspecified atom stereocenters. The number of nitrogens with one attached hydrogen (secondary N) is 1. The lowest BCUT2D eigenvalue weighted by atomic mass is 10.1. The molecule has 1 saturated heterocycles. The van der Waals surface area contributed by atoms with Crippen molar-refractivity contribution in [2.45, 2.75) is 70.3 Å². The third-order valence-corrected chi connectivity index (χ3v) is 5.94. The van der Waals surface area contributed by atoms with Crippen LogP contribution in [0, 0.1) is 0 Å². The minimum absolute atomic E-state index is 0.0902. The Morgan fingerprint density at radius 2 is 2.09 bits per heavy atom. The van der Waals surface area contributed by atoms with Crippen LogP contribution in [0.15, 0.2) is 16.9 Å². The molecule has 1 aliphatic heterocycles. The van der Waals surface area contributed by atoms with Gasteiger partial charge in [-0.2, -0.15) is 9.97 Å². The maximum atomic E-state index is 11.5. The Bertz CT molecular complexity index is 1130. The molecule has 3 aromatic heterocycles. The van der Waals surface area contributed by atoms with Gasteiger partial charge in [0.25, 0.3) is 6.47 Å². The molecule has 0 saturated carbocycles. The molecule has 13 heteroatoms. The summed E-state index contributed by atoms with van der Waals surface area (Å²) in [6, 6.07) is 1.71.